The molecule has 1 aromatic carbocycles. The second-order valence-corrected chi connectivity index (χ2v) is 7.42. The zero-order chi connectivity index (χ0) is 19.1. The van der Waals surface area contributed by atoms with E-state index < -0.39 is 17.2 Å². The van der Waals surface area contributed by atoms with Crippen LogP contribution in [-0.2, 0) is 23.1 Å². The predicted molar refractivity (Wildman–Crippen MR) is 102 cm³/mol. The summed E-state index contributed by atoms with van der Waals surface area (Å²) < 4.78 is 3.97. The first-order valence-corrected chi connectivity index (χ1v) is 9.27. The second kappa shape index (κ2) is 6.58. The van der Waals surface area contributed by atoms with Gasteiger partial charge < -0.3 is 14.8 Å². The molecule has 3 heterocycles. The van der Waals surface area contributed by atoms with E-state index in [1.807, 2.05) is 46.5 Å². The molecule has 3 aromatic rings. The molecular weight excluding hydrogens is 368 g/mol. The van der Waals surface area contributed by atoms with Gasteiger partial charge >= 0.3 is 11.9 Å². The largest absolute Gasteiger partial charge is 0.478 e. The number of imidazole rings is 2. The van der Waals surface area contributed by atoms with Gasteiger partial charge in [-0.15, -0.1) is 11.8 Å². The van der Waals surface area contributed by atoms with E-state index in [0.717, 1.165) is 28.7 Å². The Hall–Kier alpha value is -3.07. The van der Waals surface area contributed by atoms with Gasteiger partial charge in [-0.2, -0.15) is 0 Å². The summed E-state index contributed by atoms with van der Waals surface area (Å²) in [6, 6.07) is 7.94. The summed E-state index contributed by atoms with van der Waals surface area (Å²) in [5.74, 6) is -1.32. The number of carbonyl (C=O) groups is 2. The molecule has 0 radical (unpaired) electrons. The van der Waals surface area contributed by atoms with Gasteiger partial charge in [-0.05, 0) is 12.1 Å². The summed E-state index contributed by atoms with van der Waals surface area (Å²) in [5, 5.41) is 18.2. The minimum Gasteiger partial charge on any atom is -0.478 e. The van der Waals surface area contributed by atoms with Gasteiger partial charge in [0, 0.05) is 36.9 Å². The number of hydrogen-bond acceptors (Lipinski definition) is 5. The first kappa shape index (κ1) is 17.3. The highest BCUT2D eigenvalue weighted by molar-refractivity contribution is 8.00. The number of carboxylic acid groups (broad SMARTS) is 2. The molecule has 0 spiro atoms. The maximum absolute atomic E-state index is 11.6. The molecule has 8 nitrogen and oxygen atoms in total. The van der Waals surface area contributed by atoms with Crippen LogP contribution >= 0.6 is 11.8 Å². The molecule has 0 saturated heterocycles. The van der Waals surface area contributed by atoms with Gasteiger partial charge in [-0.3, -0.25) is 9.39 Å². The normalized spacial score (nSPS) is 17.6. The van der Waals surface area contributed by atoms with Crippen LogP contribution in [0, 0.1) is 0 Å². The lowest BCUT2D eigenvalue weighted by Gasteiger charge is -2.13. The van der Waals surface area contributed by atoms with E-state index in [0.29, 0.717) is 6.42 Å². The van der Waals surface area contributed by atoms with Crippen LogP contribution in [0.25, 0.3) is 16.8 Å². The van der Waals surface area contributed by atoms with Gasteiger partial charge in [0.2, 0.25) is 5.78 Å². The van der Waals surface area contributed by atoms with Gasteiger partial charge in [-0.25, -0.2) is 14.6 Å². The van der Waals surface area contributed by atoms with Gasteiger partial charge in [0.05, 0.1) is 22.3 Å². The number of aromatic nitrogens is 3. The fourth-order valence-electron chi connectivity index (χ4n) is 3.20. The molecule has 0 bridgehead atoms. The maximum Gasteiger partial charge on any atom is 0.351 e. The van der Waals surface area contributed by atoms with Gasteiger partial charge in [0.15, 0.2) is 0 Å². The standard InChI is InChI=1S/C18H16N4O4S/c1-21-13-4-2-3-5-14(13)22-8-10(20-18(21)22)6-15-11(16(23)24)7-19-12(9-27-15)17(25)26/h2-5,7-8,15H,6,9H2,1H3,(H,23,24)(H,25,26). The van der Waals surface area contributed by atoms with Crippen molar-refractivity contribution in [2.24, 2.45) is 12.0 Å². The highest BCUT2D eigenvalue weighted by atomic mass is 32.2. The predicted octanol–water partition coefficient (Wildman–Crippen LogP) is 1.98. The summed E-state index contributed by atoms with van der Waals surface area (Å²) in [6.45, 7) is 0. The van der Waals surface area contributed by atoms with Crippen molar-refractivity contribution >= 4 is 46.2 Å². The van der Waals surface area contributed by atoms with Crippen LogP contribution in [0.5, 0.6) is 0 Å². The Labute approximate surface area is 157 Å². The number of rotatable bonds is 4. The van der Waals surface area contributed by atoms with Crippen LogP contribution < -0.4 is 0 Å². The Kier molecular flexibility index (Phi) is 4.23. The lowest BCUT2D eigenvalue weighted by Crippen LogP contribution is -2.20. The van der Waals surface area contributed by atoms with Gasteiger partial charge in [0.25, 0.3) is 0 Å². The Morgan fingerprint density at radius 1 is 1.22 bits per heavy atom. The Morgan fingerprint density at radius 2 is 1.96 bits per heavy atom. The number of thioether (sulfide) groups is 1. The SMILES string of the molecule is Cn1c2ccccc2n2cc(CC3SCC(C(=O)O)=NC=C3C(=O)O)nc12. The molecule has 27 heavy (non-hydrogen) atoms. The van der Waals surface area contributed by atoms with E-state index in [2.05, 4.69) is 9.98 Å². The molecule has 1 atom stereocenters. The van der Waals surface area contributed by atoms with Crippen molar-refractivity contribution in [3.05, 3.63) is 47.9 Å². The first-order chi connectivity index (χ1) is 13.0. The molecule has 1 aliphatic rings. The van der Waals surface area contributed by atoms with Crippen LogP contribution in [0.1, 0.15) is 5.69 Å². The number of nitrogens with zero attached hydrogens (tertiary/aromatic N) is 4. The summed E-state index contributed by atoms with van der Waals surface area (Å²) in [5.41, 5.74) is 2.85. The van der Waals surface area contributed by atoms with Crippen molar-refractivity contribution in [1.29, 1.82) is 0 Å². The van der Waals surface area contributed by atoms with Crippen molar-refractivity contribution < 1.29 is 19.8 Å². The highest BCUT2D eigenvalue weighted by Gasteiger charge is 2.27. The first-order valence-electron chi connectivity index (χ1n) is 8.22. The van der Waals surface area contributed by atoms with E-state index in [4.69, 9.17) is 5.11 Å². The molecule has 2 aromatic heterocycles. The Balaban J connectivity index is 1.68. The number of benzene rings is 1. The lowest BCUT2D eigenvalue weighted by molar-refractivity contribution is -0.133. The molecule has 1 aliphatic heterocycles. The topological polar surface area (TPSA) is 109 Å². The molecular formula is C18H16N4O4S. The van der Waals surface area contributed by atoms with Crippen molar-refractivity contribution in [3.8, 4) is 0 Å². The third-order valence-corrected chi connectivity index (χ3v) is 5.82. The van der Waals surface area contributed by atoms with Crippen LogP contribution in [-0.4, -0.2) is 52.8 Å². The van der Waals surface area contributed by atoms with Crippen molar-refractivity contribution in [2.45, 2.75) is 11.7 Å². The van der Waals surface area contributed by atoms with E-state index in [9.17, 15) is 14.7 Å². The number of aryl methyl sites for hydroxylation is 1. The quantitative estimate of drug-likeness (QED) is 0.712. The molecule has 138 valence electrons. The lowest BCUT2D eigenvalue weighted by atomic mass is 10.1. The fourth-order valence-corrected chi connectivity index (χ4v) is 4.38. The summed E-state index contributed by atoms with van der Waals surface area (Å²) in [6.07, 6.45) is 3.43. The number of fused-ring (bicyclic) bond motifs is 3. The van der Waals surface area contributed by atoms with E-state index in [1.165, 1.54) is 11.8 Å². The molecule has 1 unspecified atom stereocenters. The number of carboxylic acids is 2. The van der Waals surface area contributed by atoms with E-state index >= 15 is 0 Å². The highest BCUT2D eigenvalue weighted by Crippen LogP contribution is 2.28. The summed E-state index contributed by atoms with van der Waals surface area (Å²) in [7, 11) is 1.93. The summed E-state index contributed by atoms with van der Waals surface area (Å²) >= 11 is 1.26. The molecule has 0 fully saturated rings. The van der Waals surface area contributed by atoms with E-state index in [1.54, 1.807) is 0 Å². The molecule has 0 aliphatic carbocycles. The van der Waals surface area contributed by atoms with Crippen LogP contribution in [0.15, 0.2) is 47.2 Å². The third-order valence-electron chi connectivity index (χ3n) is 4.56. The van der Waals surface area contributed by atoms with Gasteiger partial charge in [0.1, 0.15) is 5.71 Å². The number of aliphatic imine (C=N–C) groups is 1. The van der Waals surface area contributed by atoms with Crippen molar-refractivity contribution in [1.82, 2.24) is 14.0 Å². The monoisotopic (exact) mass is 384 g/mol. The average Bonchev–Trinajstić information content (AvgIpc) is 3.06. The van der Waals surface area contributed by atoms with Crippen LogP contribution in [0.3, 0.4) is 0 Å². The maximum atomic E-state index is 11.6. The average molecular weight is 384 g/mol. The van der Waals surface area contributed by atoms with Crippen LogP contribution in [0.4, 0.5) is 0 Å². The van der Waals surface area contributed by atoms with Crippen molar-refractivity contribution in [3.63, 3.8) is 0 Å². The number of hydrogen-bond donors (Lipinski definition) is 2. The molecule has 9 heteroatoms. The fraction of sp³-hybridized carbons (Fsp3) is 0.222. The Bertz CT molecular complexity index is 1140. The molecule has 2 N–H and O–H groups in total. The Morgan fingerprint density at radius 3 is 2.67 bits per heavy atom. The zero-order valence-corrected chi connectivity index (χ0v) is 15.2. The molecule has 0 saturated carbocycles. The second-order valence-electron chi connectivity index (χ2n) is 6.22. The third kappa shape index (κ3) is 2.99. The minimum atomic E-state index is -1.14. The number of aliphatic carboxylic acids is 2. The molecule has 0 amide bonds. The van der Waals surface area contributed by atoms with Crippen LogP contribution in [0.2, 0.25) is 0 Å². The number of para-hydroxylation sites is 2. The van der Waals surface area contributed by atoms with E-state index in [-0.39, 0.29) is 17.0 Å². The summed E-state index contributed by atoms with van der Waals surface area (Å²) in [4.78, 5) is 31.3. The zero-order valence-electron chi connectivity index (χ0n) is 14.4. The minimum absolute atomic E-state index is 0.0535. The smallest absolute Gasteiger partial charge is 0.351 e. The molecule has 4 rings (SSSR count). The van der Waals surface area contributed by atoms with Gasteiger partial charge in [-0.1, -0.05) is 12.1 Å². The van der Waals surface area contributed by atoms with Crippen molar-refractivity contribution in [2.75, 3.05) is 5.75 Å².